The summed E-state index contributed by atoms with van der Waals surface area (Å²) in [5.74, 6) is -0.249. The summed E-state index contributed by atoms with van der Waals surface area (Å²) in [6, 6.07) is 12.1. The largest absolute Gasteiger partial charge is 0.483 e. The van der Waals surface area contributed by atoms with Crippen LogP contribution in [-0.4, -0.2) is 56.3 Å². The minimum absolute atomic E-state index is 0.0838. The van der Waals surface area contributed by atoms with E-state index in [0.29, 0.717) is 5.75 Å². The molecule has 0 atom stereocenters. The summed E-state index contributed by atoms with van der Waals surface area (Å²) in [5, 5.41) is 0. The Hall–Kier alpha value is -1.97. The van der Waals surface area contributed by atoms with Gasteiger partial charge >= 0.3 is 0 Å². The first-order chi connectivity index (χ1) is 12.9. The molecule has 0 aliphatic carbocycles. The van der Waals surface area contributed by atoms with Crippen molar-refractivity contribution in [3.8, 4) is 5.75 Å². The van der Waals surface area contributed by atoms with Gasteiger partial charge in [-0.25, -0.2) is 12.8 Å². The van der Waals surface area contributed by atoms with Crippen LogP contribution in [0.4, 0.5) is 4.39 Å². The van der Waals surface area contributed by atoms with E-state index in [1.807, 2.05) is 12.1 Å². The van der Waals surface area contributed by atoms with Crippen molar-refractivity contribution in [1.82, 2.24) is 9.21 Å². The number of halogens is 2. The van der Waals surface area contributed by atoms with Crippen LogP contribution in [0.1, 0.15) is 0 Å². The van der Waals surface area contributed by atoms with Crippen LogP contribution < -0.4 is 4.74 Å². The van der Waals surface area contributed by atoms with Crippen LogP contribution in [0.5, 0.6) is 5.75 Å². The Morgan fingerprint density at radius 2 is 1.78 bits per heavy atom. The zero-order chi connectivity index (χ0) is 19.4. The summed E-state index contributed by atoms with van der Waals surface area (Å²) in [6.07, 6.45) is 0. The van der Waals surface area contributed by atoms with Crippen molar-refractivity contribution in [3.05, 3.63) is 58.8 Å². The Kier molecular flexibility index (Phi) is 6.13. The second-order valence-corrected chi connectivity index (χ2v) is 8.75. The fourth-order valence-electron chi connectivity index (χ4n) is 2.75. The van der Waals surface area contributed by atoms with Crippen molar-refractivity contribution in [2.45, 2.75) is 4.90 Å². The van der Waals surface area contributed by atoms with Gasteiger partial charge < -0.3 is 9.64 Å². The molecule has 0 saturated carbocycles. The highest BCUT2D eigenvalue weighted by Gasteiger charge is 2.30. The normalized spacial score (nSPS) is 15.6. The van der Waals surface area contributed by atoms with Gasteiger partial charge in [0.15, 0.2) is 6.61 Å². The van der Waals surface area contributed by atoms with Crippen LogP contribution in [0, 0.1) is 5.82 Å². The number of carbonyl (C=O) groups is 1. The number of sulfonamides is 1. The number of hydrogen-bond donors (Lipinski definition) is 0. The Labute approximate surface area is 165 Å². The Morgan fingerprint density at radius 3 is 2.44 bits per heavy atom. The molecule has 0 spiro atoms. The van der Waals surface area contributed by atoms with E-state index in [-0.39, 0.29) is 43.6 Å². The standard InChI is InChI=1S/C18H18BrFN2O4S/c19-16-6-1-2-7-17(16)26-13-18(23)21-8-10-22(11-9-21)27(24,25)15-5-3-4-14(20)12-15/h1-7,12H,8-11,13H2. The SMILES string of the molecule is O=C(COc1ccccc1Br)N1CCN(S(=O)(=O)c2cccc(F)c2)CC1. The topological polar surface area (TPSA) is 66.9 Å². The van der Waals surface area contributed by atoms with Gasteiger partial charge in [-0.15, -0.1) is 0 Å². The molecule has 1 amide bonds. The summed E-state index contributed by atoms with van der Waals surface area (Å²) in [7, 11) is -3.78. The van der Waals surface area contributed by atoms with E-state index < -0.39 is 15.8 Å². The fourth-order valence-corrected chi connectivity index (χ4v) is 4.60. The second-order valence-electron chi connectivity index (χ2n) is 5.96. The van der Waals surface area contributed by atoms with Crippen molar-refractivity contribution in [3.63, 3.8) is 0 Å². The molecule has 9 heteroatoms. The van der Waals surface area contributed by atoms with Crippen LogP contribution in [-0.2, 0) is 14.8 Å². The first-order valence-corrected chi connectivity index (χ1v) is 10.5. The minimum Gasteiger partial charge on any atom is -0.483 e. The second kappa shape index (κ2) is 8.37. The maximum Gasteiger partial charge on any atom is 0.260 e. The molecule has 2 aromatic carbocycles. The van der Waals surface area contributed by atoms with E-state index in [1.54, 1.807) is 17.0 Å². The molecule has 2 aromatic rings. The lowest BCUT2D eigenvalue weighted by Crippen LogP contribution is -2.51. The first-order valence-electron chi connectivity index (χ1n) is 8.29. The average molecular weight is 457 g/mol. The third-order valence-corrected chi connectivity index (χ3v) is 6.76. The Bertz CT molecular complexity index is 930. The number of hydrogen-bond acceptors (Lipinski definition) is 4. The van der Waals surface area contributed by atoms with Gasteiger partial charge in [0.25, 0.3) is 5.91 Å². The molecule has 0 N–H and O–H groups in total. The molecule has 1 heterocycles. The number of para-hydroxylation sites is 1. The number of piperazine rings is 1. The van der Waals surface area contributed by atoms with Gasteiger partial charge in [0.1, 0.15) is 11.6 Å². The number of amides is 1. The highest BCUT2D eigenvalue weighted by molar-refractivity contribution is 9.10. The molecule has 3 rings (SSSR count). The summed E-state index contributed by atoms with van der Waals surface area (Å²) >= 11 is 3.35. The Balaban J connectivity index is 1.57. The molecule has 27 heavy (non-hydrogen) atoms. The summed E-state index contributed by atoms with van der Waals surface area (Å²) in [4.78, 5) is 13.8. The van der Waals surface area contributed by atoms with Crippen molar-refractivity contribution in [1.29, 1.82) is 0 Å². The molecule has 1 saturated heterocycles. The number of carbonyl (C=O) groups excluding carboxylic acids is 1. The third-order valence-electron chi connectivity index (χ3n) is 4.21. The zero-order valence-corrected chi connectivity index (χ0v) is 16.7. The number of benzene rings is 2. The predicted octanol–water partition coefficient (Wildman–Crippen LogP) is 2.50. The van der Waals surface area contributed by atoms with E-state index in [0.717, 1.165) is 10.5 Å². The molecular weight excluding hydrogens is 439 g/mol. The molecule has 1 aliphatic heterocycles. The van der Waals surface area contributed by atoms with Crippen molar-refractivity contribution >= 4 is 31.9 Å². The van der Waals surface area contributed by atoms with E-state index in [1.165, 1.54) is 22.5 Å². The quantitative estimate of drug-likeness (QED) is 0.692. The summed E-state index contributed by atoms with van der Waals surface area (Å²) in [6.45, 7) is 0.692. The van der Waals surface area contributed by atoms with Gasteiger partial charge in [0.2, 0.25) is 10.0 Å². The van der Waals surface area contributed by atoms with Crippen molar-refractivity contribution in [2.75, 3.05) is 32.8 Å². The lowest BCUT2D eigenvalue weighted by atomic mass is 10.3. The highest BCUT2D eigenvalue weighted by Crippen LogP contribution is 2.24. The molecule has 0 bridgehead atoms. The minimum atomic E-state index is -3.78. The fraction of sp³-hybridized carbons (Fsp3) is 0.278. The van der Waals surface area contributed by atoms with Crippen LogP contribution in [0.2, 0.25) is 0 Å². The zero-order valence-electron chi connectivity index (χ0n) is 14.3. The summed E-state index contributed by atoms with van der Waals surface area (Å²) < 4.78 is 46.0. The Morgan fingerprint density at radius 1 is 1.07 bits per heavy atom. The van der Waals surface area contributed by atoms with Gasteiger partial charge in [0, 0.05) is 26.2 Å². The molecule has 0 radical (unpaired) electrons. The van der Waals surface area contributed by atoms with E-state index in [9.17, 15) is 17.6 Å². The highest BCUT2D eigenvalue weighted by atomic mass is 79.9. The first kappa shape index (κ1) is 19.8. The van der Waals surface area contributed by atoms with Crippen LogP contribution in [0.15, 0.2) is 57.9 Å². The third kappa shape index (κ3) is 4.66. The molecule has 0 aromatic heterocycles. The van der Waals surface area contributed by atoms with Crippen LogP contribution >= 0.6 is 15.9 Å². The van der Waals surface area contributed by atoms with Crippen LogP contribution in [0.3, 0.4) is 0 Å². The van der Waals surface area contributed by atoms with Gasteiger partial charge in [0.05, 0.1) is 9.37 Å². The van der Waals surface area contributed by atoms with E-state index in [4.69, 9.17) is 4.74 Å². The number of nitrogens with zero attached hydrogens (tertiary/aromatic N) is 2. The molecular formula is C18H18BrFN2O4S. The number of rotatable bonds is 5. The van der Waals surface area contributed by atoms with Crippen molar-refractivity contribution < 1.29 is 22.3 Å². The molecule has 6 nitrogen and oxygen atoms in total. The molecule has 0 unspecified atom stereocenters. The molecule has 1 fully saturated rings. The molecule has 1 aliphatic rings. The maximum absolute atomic E-state index is 13.3. The smallest absolute Gasteiger partial charge is 0.260 e. The van der Waals surface area contributed by atoms with E-state index in [2.05, 4.69) is 15.9 Å². The van der Waals surface area contributed by atoms with Gasteiger partial charge in [-0.2, -0.15) is 4.31 Å². The van der Waals surface area contributed by atoms with E-state index >= 15 is 0 Å². The summed E-state index contributed by atoms with van der Waals surface area (Å²) in [5.41, 5.74) is 0. The lowest BCUT2D eigenvalue weighted by molar-refractivity contribution is -0.134. The van der Waals surface area contributed by atoms with Crippen LogP contribution in [0.25, 0.3) is 0 Å². The maximum atomic E-state index is 13.3. The predicted molar refractivity (Wildman–Crippen MR) is 101 cm³/mol. The lowest BCUT2D eigenvalue weighted by Gasteiger charge is -2.34. The van der Waals surface area contributed by atoms with Gasteiger partial charge in [-0.3, -0.25) is 4.79 Å². The van der Waals surface area contributed by atoms with Gasteiger partial charge in [-0.05, 0) is 46.3 Å². The van der Waals surface area contributed by atoms with Crippen molar-refractivity contribution in [2.24, 2.45) is 0 Å². The van der Waals surface area contributed by atoms with Gasteiger partial charge in [-0.1, -0.05) is 18.2 Å². The monoisotopic (exact) mass is 456 g/mol. The molecule has 144 valence electrons. The average Bonchev–Trinajstić information content (AvgIpc) is 2.67. The number of ether oxygens (including phenoxy) is 1.